The average Bonchev–Trinajstić information content (AvgIpc) is 4.16. The summed E-state index contributed by atoms with van der Waals surface area (Å²) in [7, 11) is 0. The van der Waals surface area contributed by atoms with Gasteiger partial charge in [0.1, 0.15) is 66.1 Å². The Labute approximate surface area is 381 Å². The summed E-state index contributed by atoms with van der Waals surface area (Å²) in [5, 5.41) is 3.67. The van der Waals surface area contributed by atoms with Gasteiger partial charge in [-0.3, -0.25) is 0 Å². The second kappa shape index (κ2) is 14.5. The molecule has 11 heterocycles. The summed E-state index contributed by atoms with van der Waals surface area (Å²) in [6, 6.07) is 15.2. The second-order valence-electron chi connectivity index (χ2n) is 15.9. The first kappa shape index (κ1) is 38.0. The van der Waals surface area contributed by atoms with Gasteiger partial charge < -0.3 is 52.7 Å². The van der Waals surface area contributed by atoms with Crippen LogP contribution in [-0.4, -0.2) is 66.1 Å². The van der Waals surface area contributed by atoms with Gasteiger partial charge in [0, 0.05) is 16.8 Å². The van der Waals surface area contributed by atoms with E-state index in [1.165, 1.54) is 11.1 Å². The largest absolute Gasteiger partial charge is 0.485 e. The van der Waals surface area contributed by atoms with Crippen LogP contribution in [0, 0.1) is 0 Å². The number of para-hydroxylation sites is 1. The molecular formula is C47H37NO10S5. The van der Waals surface area contributed by atoms with Crippen LogP contribution in [0.4, 0.5) is 11.4 Å². The minimum absolute atomic E-state index is 0.215. The summed E-state index contributed by atoms with van der Waals surface area (Å²) in [5.74, 6) is 6.98. The van der Waals surface area contributed by atoms with Gasteiger partial charge in [-0.2, -0.15) is 0 Å². The molecule has 11 nitrogen and oxygen atoms in total. The standard InChI is InChI=1S/C47H37NO10S5/c1-4-27-28-29(50-12-11-49-28)39(59-27)40-32-33(54-16-15-53-32)43(61-40)44-36-37(58-20-19-57-36)46(63-44)45-35-34(55-17-18-56-35)42(62-45)41-31-30(51-13-14-52-31)38(60-41)22-9-10-26-24(21-22)47(2,3)23-7-5-6-8-25(23)48-26/h4-10,21,48H,1,11-20H2,2-3H3. The second-order valence-corrected chi connectivity index (χ2v) is 21.0. The topological polar surface area (TPSA) is 104 Å². The Morgan fingerprint density at radius 1 is 0.429 bits per heavy atom. The molecule has 2 aromatic carbocycles. The van der Waals surface area contributed by atoms with Gasteiger partial charge in [-0.05, 0) is 41.0 Å². The van der Waals surface area contributed by atoms with E-state index < -0.39 is 0 Å². The maximum Gasteiger partial charge on any atom is 0.181 e. The minimum atomic E-state index is -0.215. The highest BCUT2D eigenvalue weighted by molar-refractivity contribution is 7.31. The highest BCUT2D eigenvalue weighted by Gasteiger charge is 2.40. The van der Waals surface area contributed by atoms with Crippen molar-refractivity contribution in [3.63, 3.8) is 0 Å². The van der Waals surface area contributed by atoms with E-state index in [0.717, 1.165) is 83.0 Å². The van der Waals surface area contributed by atoms with Gasteiger partial charge >= 0.3 is 0 Å². The molecule has 0 aliphatic carbocycles. The van der Waals surface area contributed by atoms with Gasteiger partial charge in [0.05, 0.1) is 48.8 Å². The molecule has 0 saturated carbocycles. The lowest BCUT2D eigenvalue weighted by Gasteiger charge is -2.36. The minimum Gasteiger partial charge on any atom is -0.485 e. The number of ether oxygens (including phenoxy) is 10. The Bertz CT molecular complexity index is 3040. The third-order valence-corrected chi connectivity index (χ3v) is 18.3. The zero-order valence-electron chi connectivity index (χ0n) is 34.0. The number of benzene rings is 2. The summed E-state index contributed by atoms with van der Waals surface area (Å²) in [6.07, 6.45) is 1.81. The van der Waals surface area contributed by atoms with Crippen LogP contribution in [-0.2, 0) is 5.41 Å². The Morgan fingerprint density at radius 2 is 0.778 bits per heavy atom. The third kappa shape index (κ3) is 5.70. The molecule has 0 fully saturated rings. The smallest absolute Gasteiger partial charge is 0.181 e. The number of hydrogen-bond acceptors (Lipinski definition) is 16. The van der Waals surface area contributed by atoms with Gasteiger partial charge in [0.15, 0.2) is 57.5 Å². The molecule has 0 radical (unpaired) electrons. The molecule has 13 rings (SSSR count). The monoisotopic (exact) mass is 935 g/mol. The van der Waals surface area contributed by atoms with E-state index in [-0.39, 0.29) is 5.41 Å². The van der Waals surface area contributed by atoms with Crippen LogP contribution in [0.5, 0.6) is 57.5 Å². The molecular weight excluding hydrogens is 899 g/mol. The summed E-state index contributed by atoms with van der Waals surface area (Å²) in [4.78, 5) is 9.20. The van der Waals surface area contributed by atoms with Crippen LogP contribution in [0.15, 0.2) is 49.0 Å². The number of rotatable bonds is 6. The number of anilines is 2. The van der Waals surface area contributed by atoms with Crippen LogP contribution in [0.2, 0.25) is 0 Å². The van der Waals surface area contributed by atoms with Crippen molar-refractivity contribution in [2.24, 2.45) is 0 Å². The molecule has 0 atom stereocenters. The molecule has 7 aromatic rings. The van der Waals surface area contributed by atoms with Crippen molar-refractivity contribution in [1.82, 2.24) is 0 Å². The summed E-state index contributed by atoms with van der Waals surface area (Å²) < 4.78 is 64.1. The molecule has 63 heavy (non-hydrogen) atoms. The van der Waals surface area contributed by atoms with Crippen molar-refractivity contribution in [1.29, 1.82) is 0 Å². The first-order valence-corrected chi connectivity index (χ1v) is 24.8. The Balaban J connectivity index is 0.947. The predicted octanol–water partition coefficient (Wildman–Crippen LogP) is 12.2. The summed E-state index contributed by atoms with van der Waals surface area (Å²) in [5.41, 5.74) is 5.58. The lowest BCUT2D eigenvalue weighted by molar-refractivity contribution is 0.171. The Morgan fingerprint density at radius 3 is 1.22 bits per heavy atom. The quantitative estimate of drug-likeness (QED) is 0.172. The number of hydrogen-bond donors (Lipinski definition) is 1. The van der Waals surface area contributed by atoms with Crippen LogP contribution in [0.3, 0.4) is 0 Å². The zero-order valence-corrected chi connectivity index (χ0v) is 38.1. The fourth-order valence-electron chi connectivity index (χ4n) is 9.03. The van der Waals surface area contributed by atoms with Crippen molar-refractivity contribution >= 4 is 74.1 Å². The van der Waals surface area contributed by atoms with Gasteiger partial charge in [0.25, 0.3) is 0 Å². The van der Waals surface area contributed by atoms with Crippen molar-refractivity contribution in [3.05, 3.63) is 65.0 Å². The molecule has 0 saturated heterocycles. The summed E-state index contributed by atoms with van der Waals surface area (Å²) >= 11 is 8.03. The van der Waals surface area contributed by atoms with E-state index in [0.29, 0.717) is 106 Å². The molecule has 0 amide bonds. The molecule has 0 spiro atoms. The van der Waals surface area contributed by atoms with E-state index in [1.807, 2.05) is 6.08 Å². The first-order chi connectivity index (χ1) is 31.0. The van der Waals surface area contributed by atoms with E-state index in [4.69, 9.17) is 47.4 Å². The highest BCUT2D eigenvalue weighted by Crippen LogP contribution is 2.67. The lowest BCUT2D eigenvalue weighted by Crippen LogP contribution is -2.25. The van der Waals surface area contributed by atoms with E-state index in [9.17, 15) is 0 Å². The maximum absolute atomic E-state index is 6.53. The normalized spacial score (nSPS) is 17.0. The Kier molecular flexibility index (Phi) is 8.74. The fraction of sp³-hybridized carbons (Fsp3) is 0.277. The molecule has 320 valence electrons. The van der Waals surface area contributed by atoms with Gasteiger partial charge in [-0.15, -0.1) is 56.7 Å². The van der Waals surface area contributed by atoms with E-state index in [2.05, 4.69) is 68.2 Å². The molecule has 6 aliphatic heterocycles. The van der Waals surface area contributed by atoms with Crippen LogP contribution < -0.4 is 52.7 Å². The number of fused-ring (bicyclic) bond motifs is 7. The molecule has 6 aliphatic rings. The predicted molar refractivity (Wildman–Crippen MR) is 250 cm³/mol. The van der Waals surface area contributed by atoms with E-state index in [1.54, 1.807) is 56.7 Å². The van der Waals surface area contributed by atoms with Crippen molar-refractivity contribution in [3.8, 4) is 107 Å². The highest BCUT2D eigenvalue weighted by atomic mass is 32.1. The first-order valence-electron chi connectivity index (χ1n) is 20.7. The van der Waals surface area contributed by atoms with Crippen molar-refractivity contribution in [2.75, 3.05) is 71.4 Å². The molecule has 1 N–H and O–H groups in total. The maximum atomic E-state index is 6.53. The van der Waals surface area contributed by atoms with E-state index >= 15 is 0 Å². The number of nitrogens with one attached hydrogen (secondary N) is 1. The zero-order chi connectivity index (χ0) is 42.0. The molecule has 5 aromatic heterocycles. The average molecular weight is 936 g/mol. The Hall–Kier alpha value is -5.52. The van der Waals surface area contributed by atoms with Gasteiger partial charge in [0.2, 0.25) is 0 Å². The third-order valence-electron chi connectivity index (χ3n) is 11.9. The van der Waals surface area contributed by atoms with Crippen LogP contribution in [0.25, 0.3) is 55.5 Å². The molecule has 0 unspecified atom stereocenters. The summed E-state index contributed by atoms with van der Waals surface area (Å²) in [6.45, 7) is 13.0. The van der Waals surface area contributed by atoms with Gasteiger partial charge in [-0.1, -0.05) is 44.7 Å². The lowest BCUT2D eigenvalue weighted by atomic mass is 9.74. The van der Waals surface area contributed by atoms with Crippen molar-refractivity contribution < 1.29 is 47.4 Å². The SMILES string of the molecule is C=Cc1sc(-c2sc(-c3sc(-c4sc(-c5sc(-c6ccc7c(c6)C(C)(C)c6ccccc6N7)c6c5OCCO6)c5c4OCCO5)c4c3OCCO4)c3c2OCCO3)c2c1OCCO2. The number of thiophene rings is 5. The van der Waals surface area contributed by atoms with Crippen LogP contribution in [0.1, 0.15) is 29.9 Å². The molecule has 0 bridgehead atoms. The molecule has 16 heteroatoms. The van der Waals surface area contributed by atoms with Crippen molar-refractivity contribution in [2.45, 2.75) is 19.3 Å². The van der Waals surface area contributed by atoms with Crippen LogP contribution >= 0.6 is 56.7 Å². The fourth-order valence-corrected chi connectivity index (χ4v) is 15.3. The van der Waals surface area contributed by atoms with Gasteiger partial charge in [-0.25, -0.2) is 0 Å².